The first-order valence-corrected chi connectivity index (χ1v) is 18.3. The zero-order valence-electron chi connectivity index (χ0n) is 32.6. The molecule has 0 aliphatic rings. The molecule has 0 heterocycles. The Balaban J connectivity index is 0.000000316. The number of ether oxygens (including phenoxy) is 5. The summed E-state index contributed by atoms with van der Waals surface area (Å²) in [6.45, 7) is 4.76. The number of aliphatic carboxylic acids is 1. The predicted molar refractivity (Wildman–Crippen MR) is 208 cm³/mol. The van der Waals surface area contributed by atoms with Crippen LogP contribution in [-0.2, 0) is 26.7 Å². The maximum Gasteiger partial charge on any atom is 0.416 e. The van der Waals surface area contributed by atoms with Crippen molar-refractivity contribution in [3.8, 4) is 46.7 Å². The molecule has 0 aliphatic heterocycles. The molecule has 0 aliphatic carbocycles. The van der Waals surface area contributed by atoms with E-state index in [0.29, 0.717) is 62.3 Å². The van der Waals surface area contributed by atoms with Gasteiger partial charge in [0.05, 0.1) is 69.3 Å². The van der Waals surface area contributed by atoms with Crippen LogP contribution in [-0.4, -0.2) is 50.6 Å². The van der Waals surface area contributed by atoms with Crippen LogP contribution < -0.4 is 18.9 Å². The smallest absolute Gasteiger partial charge is 0.416 e. The third-order valence-corrected chi connectivity index (χ3v) is 8.19. The summed E-state index contributed by atoms with van der Waals surface area (Å²) in [6.07, 6.45) is -7.50. The second kappa shape index (κ2) is 23.8. The van der Waals surface area contributed by atoms with E-state index in [-0.39, 0.29) is 30.6 Å². The molecule has 1 N–H and O–H groups in total. The summed E-state index contributed by atoms with van der Waals surface area (Å²) in [7, 11) is 1.34. The molecule has 0 spiro atoms. The lowest BCUT2D eigenvalue weighted by Gasteiger charge is -2.12. The highest BCUT2D eigenvalue weighted by Gasteiger charge is 2.30. The van der Waals surface area contributed by atoms with Gasteiger partial charge in [-0.2, -0.15) is 26.3 Å². The maximum atomic E-state index is 12.5. The van der Waals surface area contributed by atoms with Crippen LogP contribution in [0.2, 0.25) is 0 Å². The van der Waals surface area contributed by atoms with Crippen molar-refractivity contribution in [1.82, 2.24) is 0 Å². The Morgan fingerprint density at radius 1 is 0.542 bits per heavy atom. The van der Waals surface area contributed by atoms with Crippen molar-refractivity contribution < 1.29 is 64.7 Å². The van der Waals surface area contributed by atoms with Crippen LogP contribution in [0.3, 0.4) is 0 Å². The Bertz CT molecular complexity index is 2010. The largest absolute Gasteiger partial charge is 0.493 e. The van der Waals surface area contributed by atoms with E-state index >= 15 is 0 Å². The Morgan fingerprint density at radius 2 is 0.847 bits per heavy atom. The van der Waals surface area contributed by atoms with Crippen molar-refractivity contribution in [2.24, 2.45) is 0 Å². The minimum atomic E-state index is -4.36. The lowest BCUT2D eigenvalue weighted by atomic mass is 9.96. The summed E-state index contributed by atoms with van der Waals surface area (Å²) in [5.74, 6) is 11.6. The molecule has 4 aromatic rings. The molecule has 2 atom stereocenters. The molecule has 0 saturated carbocycles. The van der Waals surface area contributed by atoms with Gasteiger partial charge in [0.2, 0.25) is 0 Å². The van der Waals surface area contributed by atoms with E-state index < -0.39 is 29.4 Å². The van der Waals surface area contributed by atoms with Gasteiger partial charge in [0, 0.05) is 12.8 Å². The first-order chi connectivity index (χ1) is 28.1. The maximum absolute atomic E-state index is 12.5. The molecular weight excluding hydrogens is 782 g/mol. The van der Waals surface area contributed by atoms with Crippen LogP contribution in [0.4, 0.5) is 26.3 Å². The number of halogens is 6. The summed E-state index contributed by atoms with van der Waals surface area (Å²) >= 11 is 0. The Kier molecular flexibility index (Phi) is 19.0. The zero-order chi connectivity index (χ0) is 43.3. The van der Waals surface area contributed by atoms with E-state index in [1.54, 1.807) is 50.2 Å². The highest BCUT2D eigenvalue weighted by atomic mass is 19.4. The van der Waals surface area contributed by atoms with Gasteiger partial charge < -0.3 is 28.8 Å². The minimum Gasteiger partial charge on any atom is -0.493 e. The molecule has 0 bridgehead atoms. The number of carboxylic acids is 1. The van der Waals surface area contributed by atoms with E-state index in [1.165, 1.54) is 31.4 Å². The van der Waals surface area contributed by atoms with Crippen LogP contribution in [0.1, 0.15) is 73.6 Å². The second-order valence-corrected chi connectivity index (χ2v) is 12.6. The monoisotopic (exact) mass is 826 g/mol. The quantitative estimate of drug-likeness (QED) is 0.0458. The molecule has 59 heavy (non-hydrogen) atoms. The Hall–Kier alpha value is -6.28. The van der Waals surface area contributed by atoms with Gasteiger partial charge in [-0.3, -0.25) is 9.59 Å². The molecular formula is C45H44F6O8. The van der Waals surface area contributed by atoms with Gasteiger partial charge in [-0.15, -0.1) is 11.8 Å². The van der Waals surface area contributed by atoms with E-state index in [9.17, 15) is 35.9 Å². The third kappa shape index (κ3) is 17.4. The fraction of sp³-hybridized carbons (Fsp3) is 0.333. The van der Waals surface area contributed by atoms with Gasteiger partial charge in [0.1, 0.15) is 23.0 Å². The molecule has 0 amide bonds. The normalized spacial score (nSPS) is 11.8. The summed E-state index contributed by atoms with van der Waals surface area (Å²) in [5, 5.41) is 8.97. The van der Waals surface area contributed by atoms with Crippen molar-refractivity contribution in [1.29, 1.82) is 0 Å². The van der Waals surface area contributed by atoms with Crippen molar-refractivity contribution in [3.05, 3.63) is 119 Å². The second-order valence-electron chi connectivity index (χ2n) is 12.6. The number of alkyl halides is 6. The standard InChI is InChI=1S/C23H23F3O4.C22H21F3O4/c1-3-5-18(16-22(27)28-2)17-6-10-20(11-7-17)29-14-4-15-30-21-12-8-19(9-13-21)23(24,25)26;1-2-4-17(15-21(26)27)16-5-9-19(10-6-16)28-13-3-14-29-20-11-7-18(8-12-20)22(23,24)25/h6-13,18H,4,14-16H2,1-2H3;5-12,17H,3,13-15H2,1H3,(H,26,27). The van der Waals surface area contributed by atoms with E-state index in [1.807, 2.05) is 12.1 Å². The van der Waals surface area contributed by atoms with Gasteiger partial charge in [-0.25, -0.2) is 0 Å². The highest BCUT2D eigenvalue weighted by Crippen LogP contribution is 2.31. The molecule has 0 aromatic heterocycles. The average Bonchev–Trinajstić information content (AvgIpc) is 3.20. The van der Waals surface area contributed by atoms with Crippen molar-refractivity contribution in [2.75, 3.05) is 33.5 Å². The predicted octanol–water partition coefficient (Wildman–Crippen LogP) is 10.4. The fourth-order valence-corrected chi connectivity index (χ4v) is 5.23. The molecule has 4 aromatic carbocycles. The summed E-state index contributed by atoms with van der Waals surface area (Å²) < 4.78 is 102. The van der Waals surface area contributed by atoms with Crippen molar-refractivity contribution in [2.45, 2.75) is 63.7 Å². The lowest BCUT2D eigenvalue weighted by molar-refractivity contribution is -0.141. The Morgan fingerprint density at radius 3 is 1.12 bits per heavy atom. The van der Waals surface area contributed by atoms with Crippen LogP contribution in [0, 0.1) is 23.7 Å². The number of carboxylic acid groups (broad SMARTS) is 1. The molecule has 314 valence electrons. The van der Waals surface area contributed by atoms with E-state index in [2.05, 4.69) is 23.7 Å². The van der Waals surface area contributed by atoms with Crippen LogP contribution in [0.5, 0.6) is 23.0 Å². The van der Waals surface area contributed by atoms with Crippen LogP contribution >= 0.6 is 0 Å². The van der Waals surface area contributed by atoms with Gasteiger partial charge in [0.15, 0.2) is 0 Å². The van der Waals surface area contributed by atoms with Crippen LogP contribution in [0.15, 0.2) is 97.1 Å². The number of esters is 1. The van der Waals surface area contributed by atoms with Gasteiger partial charge >= 0.3 is 24.3 Å². The minimum absolute atomic E-state index is 0.0671. The summed E-state index contributed by atoms with van der Waals surface area (Å²) in [5.41, 5.74) is 0.278. The number of hydrogen-bond acceptors (Lipinski definition) is 7. The van der Waals surface area contributed by atoms with Crippen molar-refractivity contribution >= 4 is 11.9 Å². The molecule has 0 radical (unpaired) electrons. The third-order valence-electron chi connectivity index (χ3n) is 8.19. The number of hydrogen-bond donors (Lipinski definition) is 1. The Labute approximate surface area is 339 Å². The van der Waals surface area contributed by atoms with E-state index in [4.69, 9.17) is 28.8 Å². The van der Waals surface area contributed by atoms with E-state index in [0.717, 1.165) is 35.4 Å². The lowest BCUT2D eigenvalue weighted by Crippen LogP contribution is -2.08. The summed E-state index contributed by atoms with van der Waals surface area (Å²) in [6, 6.07) is 23.5. The zero-order valence-corrected chi connectivity index (χ0v) is 32.6. The summed E-state index contributed by atoms with van der Waals surface area (Å²) in [4.78, 5) is 22.5. The van der Waals surface area contributed by atoms with Gasteiger partial charge in [-0.1, -0.05) is 36.1 Å². The SMILES string of the molecule is CC#CC(CC(=O)O)c1ccc(OCCCOc2ccc(C(F)(F)F)cc2)cc1.CC#CC(CC(=O)OC)c1ccc(OCCCOc2ccc(C(F)(F)F)cc2)cc1. The number of rotatable bonds is 18. The van der Waals surface area contributed by atoms with Gasteiger partial charge in [0.25, 0.3) is 0 Å². The topological polar surface area (TPSA) is 101 Å². The molecule has 2 unspecified atom stereocenters. The fourth-order valence-electron chi connectivity index (χ4n) is 5.23. The number of methoxy groups -OCH3 is 1. The highest BCUT2D eigenvalue weighted by molar-refractivity contribution is 5.71. The van der Waals surface area contributed by atoms with Gasteiger partial charge in [-0.05, 0) is 97.8 Å². The number of benzene rings is 4. The molecule has 4 rings (SSSR count). The number of carbonyl (C=O) groups is 2. The average molecular weight is 827 g/mol. The molecule has 0 saturated heterocycles. The molecule has 14 heteroatoms. The molecule has 0 fully saturated rings. The first kappa shape index (κ1) is 47.1. The van der Waals surface area contributed by atoms with Crippen molar-refractivity contribution in [3.63, 3.8) is 0 Å². The first-order valence-electron chi connectivity index (χ1n) is 18.3. The number of carbonyl (C=O) groups excluding carboxylic acids is 1. The van der Waals surface area contributed by atoms with Crippen LogP contribution in [0.25, 0.3) is 0 Å². The molecule has 8 nitrogen and oxygen atoms in total.